The lowest BCUT2D eigenvalue weighted by atomic mass is 10.1. The lowest BCUT2D eigenvalue weighted by Crippen LogP contribution is -2.27. The van der Waals surface area contributed by atoms with E-state index in [4.69, 9.17) is 4.84 Å². The van der Waals surface area contributed by atoms with Crippen LogP contribution >= 0.6 is 0 Å². The van der Waals surface area contributed by atoms with Crippen molar-refractivity contribution in [1.82, 2.24) is 11.0 Å². The first-order valence-electron chi connectivity index (χ1n) is 4.98. The van der Waals surface area contributed by atoms with Gasteiger partial charge in [-0.05, 0) is 19.9 Å². The molecule has 1 rings (SSSR count). The zero-order valence-corrected chi connectivity index (χ0v) is 11.1. The Morgan fingerprint density at radius 2 is 2.11 bits per heavy atom. The summed E-state index contributed by atoms with van der Waals surface area (Å²) in [6.45, 7) is 3.09. The molecule has 1 heterocycles. The SMILES string of the molecule is CONC(=CS(=O)(=O)C1=CC(C)(C)ON1)C(F)(F)F. The molecule has 6 nitrogen and oxygen atoms in total. The number of hydroxylamine groups is 2. The van der Waals surface area contributed by atoms with Crippen LogP contribution in [-0.2, 0) is 19.5 Å². The molecule has 0 atom stereocenters. The molecule has 0 bridgehead atoms. The van der Waals surface area contributed by atoms with E-state index in [1.54, 1.807) is 13.8 Å². The molecule has 10 heteroatoms. The summed E-state index contributed by atoms with van der Waals surface area (Å²) in [6.07, 6.45) is -3.72. The Labute approximate surface area is 108 Å². The summed E-state index contributed by atoms with van der Waals surface area (Å²) in [4.78, 5) is 8.99. The fourth-order valence-corrected chi connectivity index (χ4v) is 2.40. The van der Waals surface area contributed by atoms with E-state index in [2.05, 4.69) is 10.3 Å². The molecule has 19 heavy (non-hydrogen) atoms. The lowest BCUT2D eigenvalue weighted by molar-refractivity contribution is -0.112. The highest BCUT2D eigenvalue weighted by Crippen LogP contribution is 2.27. The minimum Gasteiger partial charge on any atom is -0.279 e. The highest BCUT2D eigenvalue weighted by atomic mass is 32.2. The van der Waals surface area contributed by atoms with E-state index in [1.165, 1.54) is 11.6 Å². The van der Waals surface area contributed by atoms with Crippen LogP contribution in [0, 0.1) is 0 Å². The highest BCUT2D eigenvalue weighted by Gasteiger charge is 2.38. The minimum atomic E-state index is -4.89. The van der Waals surface area contributed by atoms with Gasteiger partial charge in [-0.2, -0.15) is 13.2 Å². The number of allylic oxidation sites excluding steroid dienone is 1. The van der Waals surface area contributed by atoms with E-state index in [0.717, 1.165) is 7.11 Å². The fraction of sp³-hybridized carbons (Fsp3) is 0.556. The molecular weight excluding hydrogens is 289 g/mol. The predicted octanol–water partition coefficient (Wildman–Crippen LogP) is 1.11. The first-order chi connectivity index (χ1) is 8.48. The van der Waals surface area contributed by atoms with E-state index in [0.29, 0.717) is 0 Å². The molecule has 0 spiro atoms. The monoisotopic (exact) mass is 302 g/mol. The van der Waals surface area contributed by atoms with Gasteiger partial charge in [0.25, 0.3) is 0 Å². The van der Waals surface area contributed by atoms with Crippen molar-refractivity contribution in [3.05, 3.63) is 22.2 Å². The topological polar surface area (TPSA) is 76.7 Å². The molecule has 0 aromatic rings. The third kappa shape index (κ3) is 4.11. The van der Waals surface area contributed by atoms with Crippen LogP contribution in [0.15, 0.2) is 22.2 Å². The van der Waals surface area contributed by atoms with Gasteiger partial charge in [-0.15, -0.1) is 0 Å². The average Bonchev–Trinajstić information content (AvgIpc) is 2.57. The largest absolute Gasteiger partial charge is 0.433 e. The Hall–Kier alpha value is -1.26. The number of rotatable bonds is 4. The third-order valence-electron chi connectivity index (χ3n) is 1.99. The van der Waals surface area contributed by atoms with Crippen LogP contribution in [0.5, 0.6) is 0 Å². The van der Waals surface area contributed by atoms with Crippen LogP contribution in [0.1, 0.15) is 13.8 Å². The standard InChI is InChI=1S/C9H13F3N2O4S/c1-8(2)4-7(14-18-8)19(15,16)5-6(13-17-3)9(10,11)12/h4-5,13-14H,1-3H3. The second kappa shape index (κ2) is 5.02. The van der Waals surface area contributed by atoms with Gasteiger partial charge in [-0.25, -0.2) is 8.42 Å². The molecule has 1 aliphatic rings. The first kappa shape index (κ1) is 15.8. The molecule has 0 unspecified atom stereocenters. The van der Waals surface area contributed by atoms with E-state index < -0.39 is 32.3 Å². The number of halogens is 3. The van der Waals surface area contributed by atoms with Crippen molar-refractivity contribution in [2.75, 3.05) is 7.11 Å². The Kier molecular flexibility index (Phi) is 4.17. The van der Waals surface area contributed by atoms with Gasteiger partial charge in [0.05, 0.1) is 12.5 Å². The average molecular weight is 302 g/mol. The Morgan fingerprint density at radius 3 is 2.47 bits per heavy atom. The molecule has 0 aromatic heterocycles. The number of sulfone groups is 1. The molecule has 0 amide bonds. The number of alkyl halides is 3. The van der Waals surface area contributed by atoms with Gasteiger partial charge < -0.3 is 0 Å². The number of hydrogen-bond donors (Lipinski definition) is 2. The van der Waals surface area contributed by atoms with Crippen molar-refractivity contribution >= 4 is 9.84 Å². The molecule has 0 aliphatic carbocycles. The van der Waals surface area contributed by atoms with Gasteiger partial charge >= 0.3 is 6.18 Å². The van der Waals surface area contributed by atoms with Gasteiger partial charge in [0.15, 0.2) is 10.7 Å². The predicted molar refractivity (Wildman–Crippen MR) is 59.6 cm³/mol. The second-order valence-corrected chi connectivity index (χ2v) is 5.96. The van der Waals surface area contributed by atoms with Gasteiger partial charge in [-0.1, -0.05) is 0 Å². The maximum atomic E-state index is 12.5. The summed E-state index contributed by atoms with van der Waals surface area (Å²) in [5, 5.41) is -0.433. The zero-order valence-electron chi connectivity index (χ0n) is 10.3. The molecular formula is C9H13F3N2O4S. The zero-order chi connectivity index (χ0) is 14.9. The molecule has 110 valence electrons. The lowest BCUT2D eigenvalue weighted by Gasteiger charge is -2.12. The molecule has 0 aromatic carbocycles. The summed E-state index contributed by atoms with van der Waals surface area (Å²) < 4.78 is 61.1. The van der Waals surface area contributed by atoms with Gasteiger partial charge in [0, 0.05) is 0 Å². The van der Waals surface area contributed by atoms with Crippen LogP contribution in [0.2, 0.25) is 0 Å². The van der Waals surface area contributed by atoms with E-state index >= 15 is 0 Å². The van der Waals surface area contributed by atoms with Crippen molar-refractivity contribution in [2.24, 2.45) is 0 Å². The molecule has 0 saturated carbocycles. The van der Waals surface area contributed by atoms with Gasteiger partial charge in [0.1, 0.15) is 5.60 Å². The third-order valence-corrected chi connectivity index (χ3v) is 3.35. The van der Waals surface area contributed by atoms with Crippen molar-refractivity contribution in [3.63, 3.8) is 0 Å². The second-order valence-electron chi connectivity index (χ2n) is 4.20. The quantitative estimate of drug-likeness (QED) is 0.758. The Balaban J connectivity index is 3.14. The number of nitrogens with one attached hydrogen (secondary N) is 2. The maximum absolute atomic E-state index is 12.5. The van der Waals surface area contributed by atoms with E-state index in [9.17, 15) is 21.6 Å². The van der Waals surface area contributed by atoms with E-state index in [1.807, 2.05) is 0 Å². The summed E-state index contributed by atoms with van der Waals surface area (Å²) in [6, 6.07) is 0. The smallest absolute Gasteiger partial charge is 0.279 e. The molecule has 0 fully saturated rings. The molecule has 0 radical (unpaired) electrons. The Morgan fingerprint density at radius 1 is 1.53 bits per heavy atom. The van der Waals surface area contributed by atoms with Gasteiger partial charge in [0.2, 0.25) is 9.84 Å². The minimum absolute atomic E-state index is 0.0279. The van der Waals surface area contributed by atoms with Gasteiger partial charge in [-0.3, -0.25) is 20.6 Å². The van der Waals surface area contributed by atoms with Crippen molar-refractivity contribution in [2.45, 2.75) is 25.6 Å². The normalized spacial score (nSPS) is 19.9. The van der Waals surface area contributed by atoms with Crippen LogP contribution in [0.4, 0.5) is 13.2 Å². The summed E-state index contributed by atoms with van der Waals surface area (Å²) >= 11 is 0. The van der Waals surface area contributed by atoms with Crippen molar-refractivity contribution in [3.8, 4) is 0 Å². The van der Waals surface area contributed by atoms with Crippen LogP contribution in [-0.4, -0.2) is 27.3 Å². The van der Waals surface area contributed by atoms with Crippen LogP contribution in [0.25, 0.3) is 0 Å². The first-order valence-corrected chi connectivity index (χ1v) is 6.52. The van der Waals surface area contributed by atoms with Crippen LogP contribution < -0.4 is 11.0 Å². The maximum Gasteiger partial charge on any atom is 0.433 e. The van der Waals surface area contributed by atoms with E-state index in [-0.39, 0.29) is 5.41 Å². The van der Waals surface area contributed by atoms with Crippen LogP contribution in [0.3, 0.4) is 0 Å². The summed E-state index contributed by atoms with van der Waals surface area (Å²) in [5.74, 6) is 0. The highest BCUT2D eigenvalue weighted by molar-refractivity contribution is 7.98. The summed E-state index contributed by atoms with van der Waals surface area (Å²) in [7, 11) is -3.40. The molecule has 2 N–H and O–H groups in total. The summed E-state index contributed by atoms with van der Waals surface area (Å²) in [5.41, 5.74) is 1.10. The Bertz CT molecular complexity index is 508. The molecule has 0 saturated heterocycles. The number of hydrogen-bond acceptors (Lipinski definition) is 6. The van der Waals surface area contributed by atoms with Crippen molar-refractivity contribution in [1.29, 1.82) is 0 Å². The fourth-order valence-electron chi connectivity index (χ4n) is 1.17. The van der Waals surface area contributed by atoms with Crippen molar-refractivity contribution < 1.29 is 31.3 Å². The molecule has 1 aliphatic heterocycles.